The van der Waals surface area contributed by atoms with Gasteiger partial charge < -0.3 is 5.32 Å². The summed E-state index contributed by atoms with van der Waals surface area (Å²) < 4.78 is 1.12. The molecule has 12 heavy (non-hydrogen) atoms. The van der Waals surface area contributed by atoms with Crippen LogP contribution < -0.4 is 5.32 Å². The maximum absolute atomic E-state index is 5.83. The predicted molar refractivity (Wildman–Crippen MR) is 54.2 cm³/mol. The predicted octanol–water partition coefficient (Wildman–Crippen LogP) is 2.99. The van der Waals surface area contributed by atoms with Gasteiger partial charge in [0.05, 0.1) is 10.2 Å². The monoisotopic (exact) mass is 198 g/mol. The van der Waals surface area contributed by atoms with Gasteiger partial charge in [0.15, 0.2) is 5.13 Å². The van der Waals surface area contributed by atoms with Crippen molar-refractivity contribution in [3.8, 4) is 0 Å². The lowest BCUT2D eigenvalue weighted by Gasteiger charge is -1.86. The van der Waals surface area contributed by atoms with E-state index < -0.39 is 0 Å². The highest BCUT2D eigenvalue weighted by Crippen LogP contribution is 2.27. The zero-order valence-corrected chi connectivity index (χ0v) is 8.04. The van der Waals surface area contributed by atoms with Gasteiger partial charge in [-0.05, 0) is 18.2 Å². The minimum absolute atomic E-state index is 0.758. The SMILES string of the molecule is CNc1nc2ccc(Cl)cc2s1. The second-order valence-corrected chi connectivity index (χ2v) is 3.85. The standard InChI is InChI=1S/C8H7ClN2S/c1-10-8-11-6-3-2-5(9)4-7(6)12-8/h2-4H,1H3,(H,10,11). The van der Waals surface area contributed by atoms with E-state index in [0.717, 1.165) is 20.4 Å². The molecule has 2 rings (SSSR count). The normalized spacial score (nSPS) is 10.5. The van der Waals surface area contributed by atoms with Crippen molar-refractivity contribution < 1.29 is 0 Å². The first-order valence-corrected chi connectivity index (χ1v) is 4.73. The molecule has 0 spiro atoms. The zero-order chi connectivity index (χ0) is 8.55. The fraction of sp³-hybridized carbons (Fsp3) is 0.125. The van der Waals surface area contributed by atoms with Crippen LogP contribution in [0, 0.1) is 0 Å². The molecule has 0 fully saturated rings. The highest BCUT2D eigenvalue weighted by Gasteiger charge is 2.01. The fourth-order valence-corrected chi connectivity index (χ4v) is 2.10. The number of thiazole rings is 1. The molecule has 0 bridgehead atoms. The average Bonchev–Trinajstić information content (AvgIpc) is 2.46. The van der Waals surface area contributed by atoms with Crippen LogP contribution in [0.5, 0.6) is 0 Å². The summed E-state index contributed by atoms with van der Waals surface area (Å²) >= 11 is 7.43. The first-order valence-electron chi connectivity index (χ1n) is 3.53. The van der Waals surface area contributed by atoms with Crippen molar-refractivity contribution in [1.29, 1.82) is 0 Å². The molecule has 2 aromatic rings. The molecule has 0 aliphatic rings. The second kappa shape index (κ2) is 2.92. The Morgan fingerprint density at radius 2 is 2.33 bits per heavy atom. The van der Waals surface area contributed by atoms with Crippen LogP contribution in [0.4, 0.5) is 5.13 Å². The molecule has 0 radical (unpaired) electrons. The van der Waals surface area contributed by atoms with Gasteiger partial charge in [0.25, 0.3) is 0 Å². The molecule has 1 aromatic carbocycles. The number of hydrogen-bond acceptors (Lipinski definition) is 3. The third-order valence-electron chi connectivity index (χ3n) is 1.56. The Kier molecular flexibility index (Phi) is 1.90. The summed E-state index contributed by atoms with van der Waals surface area (Å²) in [7, 11) is 1.86. The Morgan fingerprint density at radius 3 is 3.08 bits per heavy atom. The Labute approximate surface area is 79.2 Å². The highest BCUT2D eigenvalue weighted by molar-refractivity contribution is 7.22. The van der Waals surface area contributed by atoms with Gasteiger partial charge in [-0.3, -0.25) is 0 Å². The molecule has 0 saturated heterocycles. The van der Waals surface area contributed by atoms with Crippen molar-refractivity contribution in [2.24, 2.45) is 0 Å². The van der Waals surface area contributed by atoms with Crippen LogP contribution in [-0.4, -0.2) is 12.0 Å². The van der Waals surface area contributed by atoms with Crippen LogP contribution in [0.2, 0.25) is 5.02 Å². The number of anilines is 1. The van der Waals surface area contributed by atoms with Crippen molar-refractivity contribution in [1.82, 2.24) is 4.98 Å². The van der Waals surface area contributed by atoms with E-state index >= 15 is 0 Å². The average molecular weight is 199 g/mol. The van der Waals surface area contributed by atoms with Crippen molar-refractivity contribution in [2.75, 3.05) is 12.4 Å². The summed E-state index contributed by atoms with van der Waals surface area (Å²) in [6.07, 6.45) is 0. The number of hydrogen-bond donors (Lipinski definition) is 1. The number of fused-ring (bicyclic) bond motifs is 1. The number of halogens is 1. The minimum Gasteiger partial charge on any atom is -0.365 e. The molecule has 0 aliphatic heterocycles. The molecule has 0 saturated carbocycles. The summed E-state index contributed by atoms with van der Waals surface area (Å²) in [6, 6.07) is 5.70. The van der Waals surface area contributed by atoms with Gasteiger partial charge in [0, 0.05) is 12.1 Å². The lowest BCUT2D eigenvalue weighted by molar-refractivity contribution is 1.41. The molecule has 0 aliphatic carbocycles. The van der Waals surface area contributed by atoms with Crippen LogP contribution in [0.25, 0.3) is 10.2 Å². The molecule has 62 valence electrons. The van der Waals surface area contributed by atoms with Crippen LogP contribution in [0.3, 0.4) is 0 Å². The van der Waals surface area contributed by atoms with E-state index in [-0.39, 0.29) is 0 Å². The van der Waals surface area contributed by atoms with Crippen LogP contribution in [-0.2, 0) is 0 Å². The van der Waals surface area contributed by atoms with Gasteiger partial charge in [-0.25, -0.2) is 4.98 Å². The Balaban J connectivity index is 2.67. The number of benzene rings is 1. The van der Waals surface area contributed by atoms with Crippen molar-refractivity contribution in [3.63, 3.8) is 0 Å². The molecular formula is C8H7ClN2S. The lowest BCUT2D eigenvalue weighted by atomic mass is 10.3. The molecule has 2 nitrogen and oxygen atoms in total. The van der Waals surface area contributed by atoms with Crippen molar-refractivity contribution in [2.45, 2.75) is 0 Å². The van der Waals surface area contributed by atoms with E-state index in [9.17, 15) is 0 Å². The molecule has 4 heteroatoms. The summed E-state index contributed by atoms with van der Waals surface area (Å²) in [5.74, 6) is 0. The molecule has 0 unspecified atom stereocenters. The third-order valence-corrected chi connectivity index (χ3v) is 2.84. The number of nitrogens with zero attached hydrogens (tertiary/aromatic N) is 1. The molecule has 1 heterocycles. The Hall–Kier alpha value is -0.800. The largest absolute Gasteiger partial charge is 0.365 e. The van der Waals surface area contributed by atoms with E-state index in [1.165, 1.54) is 0 Å². The quantitative estimate of drug-likeness (QED) is 0.762. The summed E-state index contributed by atoms with van der Waals surface area (Å²) in [5, 5.41) is 4.68. The zero-order valence-electron chi connectivity index (χ0n) is 6.47. The lowest BCUT2D eigenvalue weighted by Crippen LogP contribution is -1.83. The van der Waals surface area contributed by atoms with E-state index in [1.54, 1.807) is 11.3 Å². The van der Waals surface area contributed by atoms with Crippen LogP contribution >= 0.6 is 22.9 Å². The first kappa shape index (κ1) is 7.83. The molecular weight excluding hydrogens is 192 g/mol. The second-order valence-electron chi connectivity index (χ2n) is 2.38. The van der Waals surface area contributed by atoms with Gasteiger partial charge in [-0.1, -0.05) is 22.9 Å². The third kappa shape index (κ3) is 1.26. The fourth-order valence-electron chi connectivity index (χ4n) is 1.01. The maximum atomic E-state index is 5.83. The number of nitrogens with one attached hydrogen (secondary N) is 1. The highest BCUT2D eigenvalue weighted by atomic mass is 35.5. The van der Waals surface area contributed by atoms with Gasteiger partial charge in [-0.15, -0.1) is 0 Å². The summed E-state index contributed by atoms with van der Waals surface area (Å²) in [5.41, 5.74) is 0.994. The maximum Gasteiger partial charge on any atom is 0.183 e. The smallest absolute Gasteiger partial charge is 0.183 e. The Bertz CT molecular complexity index is 410. The number of rotatable bonds is 1. The van der Waals surface area contributed by atoms with E-state index in [1.807, 2.05) is 25.2 Å². The van der Waals surface area contributed by atoms with E-state index in [0.29, 0.717) is 0 Å². The van der Waals surface area contributed by atoms with Gasteiger partial charge >= 0.3 is 0 Å². The molecule has 1 N–H and O–H groups in total. The Morgan fingerprint density at radius 1 is 1.50 bits per heavy atom. The van der Waals surface area contributed by atoms with Gasteiger partial charge in [0.2, 0.25) is 0 Å². The number of aromatic nitrogens is 1. The molecule has 1 aromatic heterocycles. The van der Waals surface area contributed by atoms with Crippen LogP contribution in [0.15, 0.2) is 18.2 Å². The molecule has 0 amide bonds. The van der Waals surface area contributed by atoms with E-state index in [2.05, 4.69) is 10.3 Å². The molecule has 0 atom stereocenters. The summed E-state index contributed by atoms with van der Waals surface area (Å²) in [6.45, 7) is 0. The van der Waals surface area contributed by atoms with Crippen molar-refractivity contribution in [3.05, 3.63) is 23.2 Å². The van der Waals surface area contributed by atoms with Gasteiger partial charge in [0.1, 0.15) is 0 Å². The van der Waals surface area contributed by atoms with Crippen molar-refractivity contribution >= 4 is 38.3 Å². The minimum atomic E-state index is 0.758. The van der Waals surface area contributed by atoms with Gasteiger partial charge in [-0.2, -0.15) is 0 Å². The van der Waals surface area contributed by atoms with Crippen LogP contribution in [0.1, 0.15) is 0 Å². The topological polar surface area (TPSA) is 24.9 Å². The van der Waals surface area contributed by atoms with E-state index in [4.69, 9.17) is 11.6 Å². The summed E-state index contributed by atoms with van der Waals surface area (Å²) in [4.78, 5) is 4.32. The first-order chi connectivity index (χ1) is 5.79.